The van der Waals surface area contributed by atoms with Gasteiger partial charge in [0.1, 0.15) is 30.5 Å². The molecule has 5 rings (SSSR count). The van der Waals surface area contributed by atoms with E-state index in [2.05, 4.69) is 5.32 Å². The Morgan fingerprint density at radius 2 is 1.68 bits per heavy atom. The maximum absolute atomic E-state index is 13.4. The lowest BCUT2D eigenvalue weighted by atomic mass is 9.82. The second-order valence-corrected chi connectivity index (χ2v) is 11.3. The van der Waals surface area contributed by atoms with Crippen LogP contribution in [0.15, 0.2) is 54.6 Å². The number of nitrogens with one attached hydrogen (secondary N) is 1. The number of quaternary nitrogens is 1. The van der Waals surface area contributed by atoms with Crippen molar-refractivity contribution in [2.75, 3.05) is 26.2 Å². The van der Waals surface area contributed by atoms with Crippen LogP contribution >= 0.6 is 0 Å². The normalized spacial score (nSPS) is 23.6. The summed E-state index contributed by atoms with van der Waals surface area (Å²) in [7, 11) is 0. The summed E-state index contributed by atoms with van der Waals surface area (Å²) in [6, 6.07) is 14.8. The molecule has 8 heteroatoms. The van der Waals surface area contributed by atoms with Crippen molar-refractivity contribution in [3.8, 4) is 5.75 Å². The first kappa shape index (κ1) is 26.7. The van der Waals surface area contributed by atoms with Gasteiger partial charge >= 0.3 is 12.1 Å². The first-order valence-electron chi connectivity index (χ1n) is 12.9. The average Bonchev–Trinajstić information content (AvgIpc) is 2.85. The first-order chi connectivity index (χ1) is 17.5. The van der Waals surface area contributed by atoms with Crippen LogP contribution in [-0.4, -0.2) is 71.4 Å². The van der Waals surface area contributed by atoms with Crippen LogP contribution in [0.4, 0.5) is 4.79 Å². The molecule has 3 saturated heterocycles. The minimum atomic E-state index is -0.950. The Labute approximate surface area is 218 Å². The summed E-state index contributed by atoms with van der Waals surface area (Å²) in [5.74, 6) is -0.0611. The minimum absolute atomic E-state index is 0.0998. The molecule has 37 heavy (non-hydrogen) atoms. The van der Waals surface area contributed by atoms with Gasteiger partial charge in [0.15, 0.2) is 6.10 Å². The van der Waals surface area contributed by atoms with E-state index in [4.69, 9.17) is 9.47 Å². The largest absolute Gasteiger partial charge is 0.508 e. The van der Waals surface area contributed by atoms with Gasteiger partial charge in [-0.05, 0) is 38.5 Å². The van der Waals surface area contributed by atoms with Crippen molar-refractivity contribution in [2.45, 2.75) is 57.8 Å². The van der Waals surface area contributed by atoms with E-state index in [9.17, 15) is 19.5 Å². The lowest BCUT2D eigenvalue weighted by molar-refractivity contribution is -0.938. The fourth-order valence-corrected chi connectivity index (χ4v) is 5.34. The van der Waals surface area contributed by atoms with Crippen LogP contribution in [0.3, 0.4) is 0 Å². The number of alkyl carbamates (subject to hydrolysis) is 1. The van der Waals surface area contributed by atoms with Gasteiger partial charge in [-0.1, -0.05) is 42.5 Å². The molecule has 2 bridgehead atoms. The number of nitrogens with zero attached hydrogens (tertiary/aromatic N) is 1. The molecular weight excluding hydrogens is 472 g/mol. The molecule has 198 valence electrons. The number of piperidine rings is 3. The predicted molar refractivity (Wildman–Crippen MR) is 138 cm³/mol. The summed E-state index contributed by atoms with van der Waals surface area (Å²) in [5.41, 5.74) is 0.753. The quantitative estimate of drug-likeness (QED) is 0.318. The van der Waals surface area contributed by atoms with Crippen molar-refractivity contribution in [3.05, 3.63) is 65.7 Å². The Morgan fingerprint density at radius 3 is 2.30 bits per heavy atom. The molecule has 2 atom stereocenters. The monoisotopic (exact) mass is 509 g/mol. The summed E-state index contributed by atoms with van der Waals surface area (Å²) in [4.78, 5) is 38.9. The van der Waals surface area contributed by atoms with E-state index in [0.717, 1.165) is 31.5 Å². The zero-order valence-electron chi connectivity index (χ0n) is 21.8. The molecule has 3 heterocycles. The smallest absolute Gasteiger partial charge is 0.408 e. The minimum Gasteiger partial charge on any atom is -0.508 e. The van der Waals surface area contributed by atoms with Crippen molar-refractivity contribution in [3.63, 3.8) is 0 Å². The van der Waals surface area contributed by atoms with Gasteiger partial charge in [0.05, 0.1) is 13.1 Å². The molecule has 0 unspecified atom stereocenters. The molecule has 2 aromatic rings. The summed E-state index contributed by atoms with van der Waals surface area (Å²) in [6.45, 7) is 8.03. The number of phenols is 1. The fraction of sp³-hybridized carbons (Fsp3) is 0.483. The van der Waals surface area contributed by atoms with E-state index in [0.29, 0.717) is 23.1 Å². The van der Waals surface area contributed by atoms with Gasteiger partial charge in [0, 0.05) is 30.7 Å². The number of amides is 1. The molecule has 2 N–H and O–H groups in total. The molecule has 3 aliphatic heterocycles. The molecule has 8 nitrogen and oxygen atoms in total. The molecule has 3 aliphatic rings. The van der Waals surface area contributed by atoms with E-state index >= 15 is 0 Å². The van der Waals surface area contributed by atoms with Crippen molar-refractivity contribution in [1.29, 1.82) is 0 Å². The van der Waals surface area contributed by atoms with Gasteiger partial charge in [-0.15, -0.1) is 0 Å². The highest BCUT2D eigenvalue weighted by Crippen LogP contribution is 2.36. The Morgan fingerprint density at radius 1 is 1.03 bits per heavy atom. The van der Waals surface area contributed by atoms with Crippen LogP contribution in [0.2, 0.25) is 0 Å². The lowest BCUT2D eigenvalue weighted by Gasteiger charge is -2.51. The average molecular weight is 510 g/mol. The topological polar surface area (TPSA) is 102 Å². The number of hydrogen-bond donors (Lipinski definition) is 2. The SMILES string of the molecule is CC(C)(C)OC(=O)N[C@@H](Cc1ccc(O)cc1)C(=O)O[C@H]1C[N+]2(CC(=O)c3ccccc3)CCC1CC2. The number of carbonyl (C=O) groups excluding carboxylic acids is 3. The Kier molecular flexibility index (Phi) is 7.87. The van der Waals surface area contributed by atoms with Crippen molar-refractivity contribution >= 4 is 17.8 Å². The number of benzene rings is 2. The Balaban J connectivity index is 1.45. The number of Topliss-reactive ketones (excluding diaryl/α,β-unsaturated/α-hetero) is 1. The molecular formula is C29H37N2O6+. The molecule has 0 aliphatic carbocycles. The summed E-state index contributed by atoms with van der Waals surface area (Å²) in [5, 5.41) is 12.3. The van der Waals surface area contributed by atoms with Gasteiger partial charge in [0.2, 0.25) is 5.78 Å². The van der Waals surface area contributed by atoms with Crippen LogP contribution in [0, 0.1) is 5.92 Å². The zero-order chi connectivity index (χ0) is 26.6. The maximum atomic E-state index is 13.4. The number of fused-ring (bicyclic) bond motifs is 3. The van der Waals surface area contributed by atoms with Crippen LogP contribution in [-0.2, 0) is 20.7 Å². The number of hydrogen-bond acceptors (Lipinski definition) is 6. The van der Waals surface area contributed by atoms with Gasteiger partial charge in [-0.3, -0.25) is 4.79 Å². The van der Waals surface area contributed by atoms with E-state index in [1.807, 2.05) is 30.3 Å². The van der Waals surface area contributed by atoms with E-state index in [1.54, 1.807) is 32.9 Å². The standard InChI is InChI=1S/C29H36N2O6/c1-29(2,3)37-28(35)30-24(17-20-9-11-23(32)12-10-20)27(34)36-26-19-31(15-13-22(26)14-16-31)18-25(33)21-7-5-4-6-8-21/h4-12,22,24,26H,13-19H2,1-3H3,(H-,30,32,35)/p+1/t22?,24-,26-,31?/m0/s1. The second kappa shape index (κ2) is 10.9. The molecule has 0 saturated carbocycles. The molecule has 3 fully saturated rings. The highest BCUT2D eigenvalue weighted by atomic mass is 16.6. The van der Waals surface area contributed by atoms with E-state index in [1.165, 1.54) is 12.1 Å². The van der Waals surface area contributed by atoms with Gasteiger partial charge in [0.25, 0.3) is 0 Å². The van der Waals surface area contributed by atoms with Crippen LogP contribution in [0.25, 0.3) is 0 Å². The number of aromatic hydroxyl groups is 1. The van der Waals surface area contributed by atoms with Crippen molar-refractivity contribution in [2.24, 2.45) is 5.92 Å². The lowest BCUT2D eigenvalue weighted by Crippen LogP contribution is -2.66. The van der Waals surface area contributed by atoms with Crippen molar-refractivity contribution in [1.82, 2.24) is 5.32 Å². The summed E-state index contributed by atoms with van der Waals surface area (Å²) in [6.07, 6.45) is 0.965. The predicted octanol–water partition coefficient (Wildman–Crippen LogP) is 3.86. The molecule has 0 radical (unpaired) electrons. The number of phenolic OH excluding ortho intramolecular Hbond substituents is 1. The molecule has 1 amide bonds. The van der Waals surface area contributed by atoms with E-state index in [-0.39, 0.29) is 30.0 Å². The highest BCUT2D eigenvalue weighted by Gasteiger charge is 2.49. The molecule has 0 spiro atoms. The Hall–Kier alpha value is -3.39. The third kappa shape index (κ3) is 7.10. The first-order valence-corrected chi connectivity index (χ1v) is 12.9. The number of ketones is 1. The third-order valence-electron chi connectivity index (χ3n) is 7.24. The summed E-state index contributed by atoms with van der Waals surface area (Å²) >= 11 is 0. The second-order valence-electron chi connectivity index (χ2n) is 11.3. The van der Waals surface area contributed by atoms with Crippen molar-refractivity contribution < 1.29 is 33.4 Å². The molecule has 2 aromatic carbocycles. The number of rotatable bonds is 8. The fourth-order valence-electron chi connectivity index (χ4n) is 5.34. The number of carbonyl (C=O) groups is 3. The van der Waals surface area contributed by atoms with Crippen LogP contribution in [0.1, 0.15) is 49.5 Å². The summed E-state index contributed by atoms with van der Waals surface area (Å²) < 4.78 is 12.0. The van der Waals surface area contributed by atoms with Gasteiger partial charge < -0.3 is 24.4 Å². The Bertz CT molecular complexity index is 1100. The van der Waals surface area contributed by atoms with Crippen LogP contribution < -0.4 is 5.32 Å². The number of esters is 1. The highest BCUT2D eigenvalue weighted by molar-refractivity contribution is 5.97. The van der Waals surface area contributed by atoms with Crippen LogP contribution in [0.5, 0.6) is 5.75 Å². The van der Waals surface area contributed by atoms with Gasteiger partial charge in [-0.25, -0.2) is 9.59 Å². The van der Waals surface area contributed by atoms with Gasteiger partial charge in [-0.2, -0.15) is 0 Å². The zero-order valence-corrected chi connectivity index (χ0v) is 21.8. The molecule has 0 aromatic heterocycles. The van der Waals surface area contributed by atoms with E-state index < -0.39 is 23.7 Å². The maximum Gasteiger partial charge on any atom is 0.408 e. The number of ether oxygens (including phenoxy) is 2. The third-order valence-corrected chi connectivity index (χ3v) is 7.24.